The van der Waals surface area contributed by atoms with Crippen molar-refractivity contribution in [2.45, 2.75) is 12.2 Å². The number of ether oxygens (including phenoxy) is 3. The minimum atomic E-state index is -4.92. The summed E-state index contributed by atoms with van der Waals surface area (Å²) in [6, 6.07) is 10.6. The molecule has 35 heavy (non-hydrogen) atoms. The van der Waals surface area contributed by atoms with Crippen LogP contribution in [0.4, 0.5) is 39.4 Å². The van der Waals surface area contributed by atoms with Crippen LogP contribution in [0.3, 0.4) is 0 Å². The lowest BCUT2D eigenvalue weighted by molar-refractivity contribution is -0.391. The van der Waals surface area contributed by atoms with E-state index in [1.165, 1.54) is 36.5 Å². The average Bonchev–Trinajstić information content (AvgIpc) is 2.80. The van der Waals surface area contributed by atoms with Crippen molar-refractivity contribution >= 4 is 23.1 Å². The van der Waals surface area contributed by atoms with Gasteiger partial charge >= 0.3 is 18.2 Å². The van der Waals surface area contributed by atoms with Gasteiger partial charge in [-0.15, -0.1) is 4.91 Å². The lowest BCUT2D eigenvalue weighted by Gasteiger charge is -2.31. The van der Waals surface area contributed by atoms with E-state index in [0.29, 0.717) is 0 Å². The molecule has 0 bridgehead atoms. The van der Waals surface area contributed by atoms with Crippen LogP contribution in [-0.2, 0) is 0 Å². The van der Waals surface area contributed by atoms with Gasteiger partial charge in [-0.3, -0.25) is 0 Å². The highest BCUT2D eigenvalue weighted by atomic mass is 19.3. The van der Waals surface area contributed by atoms with Gasteiger partial charge in [0.2, 0.25) is 0 Å². The Labute approximate surface area is 193 Å². The number of nitroso groups, excluding NO2 is 1. The van der Waals surface area contributed by atoms with Gasteiger partial charge in [0.15, 0.2) is 11.5 Å². The summed E-state index contributed by atoms with van der Waals surface area (Å²) < 4.78 is 66.7. The SMILES string of the molecule is N#Cc1cc(Oc2ccc(NC(=O)Nc3ccc4c(c3)OC(F)(F)C(F)(F)O4)c(N=O)c2)ccn1. The van der Waals surface area contributed by atoms with E-state index in [0.717, 1.165) is 18.2 Å². The highest BCUT2D eigenvalue weighted by Crippen LogP contribution is 2.47. The Morgan fingerprint density at radius 1 is 0.971 bits per heavy atom. The van der Waals surface area contributed by atoms with Crippen molar-refractivity contribution in [2.24, 2.45) is 5.18 Å². The number of hydrogen-bond acceptors (Lipinski definition) is 8. The number of fused-ring (bicyclic) bond motifs is 1. The van der Waals surface area contributed by atoms with Crippen LogP contribution in [0, 0.1) is 16.2 Å². The molecule has 2 amide bonds. The average molecular weight is 489 g/mol. The number of hydrogen-bond donors (Lipinski definition) is 2. The number of benzene rings is 2. The molecule has 2 heterocycles. The summed E-state index contributed by atoms with van der Waals surface area (Å²) in [5.41, 5.74) is -0.225. The molecule has 0 unspecified atom stereocenters. The smallest absolute Gasteiger partial charge is 0.457 e. The van der Waals surface area contributed by atoms with Gasteiger partial charge in [0.1, 0.15) is 28.9 Å². The Bertz CT molecular complexity index is 1360. The predicted octanol–water partition coefficient (Wildman–Crippen LogP) is 5.74. The predicted molar refractivity (Wildman–Crippen MR) is 111 cm³/mol. The largest absolute Gasteiger partial charge is 0.507 e. The molecule has 0 spiro atoms. The van der Waals surface area contributed by atoms with Gasteiger partial charge in [0.05, 0.1) is 5.69 Å². The molecule has 3 aromatic rings. The van der Waals surface area contributed by atoms with Crippen molar-refractivity contribution in [2.75, 3.05) is 10.6 Å². The Hall–Kier alpha value is -4.93. The number of rotatable bonds is 5. The molecule has 2 aromatic carbocycles. The molecule has 1 aromatic heterocycles. The minimum Gasteiger partial charge on any atom is -0.457 e. The van der Waals surface area contributed by atoms with Gasteiger partial charge < -0.3 is 24.8 Å². The molecule has 0 radical (unpaired) electrons. The van der Waals surface area contributed by atoms with Crippen LogP contribution in [0.2, 0.25) is 0 Å². The second-order valence-electron chi connectivity index (χ2n) is 6.84. The molecule has 4 rings (SSSR count). The molecule has 1 aliphatic rings. The Morgan fingerprint density at radius 2 is 1.69 bits per heavy atom. The van der Waals surface area contributed by atoms with Crippen molar-refractivity contribution in [3.8, 4) is 29.1 Å². The third-order valence-corrected chi connectivity index (χ3v) is 4.41. The number of nitrogens with one attached hydrogen (secondary N) is 2. The molecular formula is C21H11F4N5O5. The number of urea groups is 1. The normalized spacial score (nSPS) is 14.8. The summed E-state index contributed by atoms with van der Waals surface area (Å²) in [6.45, 7) is 0. The first-order chi connectivity index (χ1) is 16.6. The molecule has 0 saturated carbocycles. The monoisotopic (exact) mass is 489 g/mol. The summed E-state index contributed by atoms with van der Waals surface area (Å²) in [4.78, 5) is 27.4. The van der Waals surface area contributed by atoms with Crippen LogP contribution in [-0.4, -0.2) is 23.2 Å². The number of halogens is 4. The number of nitriles is 1. The molecule has 0 fully saturated rings. The van der Waals surface area contributed by atoms with Gasteiger partial charge in [-0.1, -0.05) is 0 Å². The van der Waals surface area contributed by atoms with Crippen LogP contribution in [0.15, 0.2) is 59.9 Å². The van der Waals surface area contributed by atoms with E-state index in [1.807, 2.05) is 6.07 Å². The highest BCUT2D eigenvalue weighted by molar-refractivity contribution is 6.01. The molecule has 2 N–H and O–H groups in total. The number of carbonyl (C=O) groups is 1. The minimum absolute atomic E-state index is 0.0268. The van der Waals surface area contributed by atoms with E-state index in [2.05, 4.69) is 30.3 Å². The number of anilines is 2. The van der Waals surface area contributed by atoms with E-state index in [4.69, 9.17) is 10.00 Å². The van der Waals surface area contributed by atoms with Gasteiger partial charge in [-0.25, -0.2) is 9.78 Å². The van der Waals surface area contributed by atoms with Crippen LogP contribution in [0.1, 0.15) is 5.69 Å². The van der Waals surface area contributed by atoms with Gasteiger partial charge in [0.25, 0.3) is 0 Å². The first kappa shape index (κ1) is 23.2. The Kier molecular flexibility index (Phi) is 5.83. The number of pyridine rings is 1. The fourth-order valence-corrected chi connectivity index (χ4v) is 2.86. The lowest BCUT2D eigenvalue weighted by atomic mass is 10.2. The van der Waals surface area contributed by atoms with E-state index in [1.54, 1.807) is 0 Å². The standard InChI is InChI=1S/C21H11F4N5O5/c22-20(23)21(24,25)35-18-8-11(1-4-17(18)34-20)28-19(31)29-15-3-2-13(9-16(15)30-32)33-14-5-6-27-12(7-14)10-26/h1-9H,(H2,28,29,31). The topological polar surface area (TPSA) is 135 Å². The molecule has 0 saturated heterocycles. The van der Waals surface area contributed by atoms with Gasteiger partial charge in [0, 0.05) is 30.1 Å². The maximum atomic E-state index is 13.4. The summed E-state index contributed by atoms with van der Waals surface area (Å²) in [5.74, 6) is -0.920. The van der Waals surface area contributed by atoms with Crippen LogP contribution < -0.4 is 24.8 Å². The first-order valence-electron chi connectivity index (χ1n) is 9.47. The zero-order valence-electron chi connectivity index (χ0n) is 17.1. The fourth-order valence-electron chi connectivity index (χ4n) is 2.86. The molecular weight excluding hydrogens is 478 g/mol. The summed E-state index contributed by atoms with van der Waals surface area (Å²) >= 11 is 0. The van der Waals surface area contributed by atoms with Crippen LogP contribution >= 0.6 is 0 Å². The number of amides is 2. The van der Waals surface area contributed by atoms with Crippen molar-refractivity contribution in [1.29, 1.82) is 5.26 Å². The molecule has 0 aliphatic carbocycles. The van der Waals surface area contributed by atoms with E-state index in [-0.39, 0.29) is 34.3 Å². The highest BCUT2D eigenvalue weighted by Gasteiger charge is 2.65. The van der Waals surface area contributed by atoms with Gasteiger partial charge in [-0.2, -0.15) is 22.8 Å². The zero-order chi connectivity index (χ0) is 25.2. The van der Waals surface area contributed by atoms with Crippen molar-refractivity contribution in [1.82, 2.24) is 4.98 Å². The van der Waals surface area contributed by atoms with E-state index >= 15 is 0 Å². The third-order valence-electron chi connectivity index (χ3n) is 4.41. The third kappa shape index (κ3) is 4.88. The number of carbonyl (C=O) groups excluding carboxylic acids is 1. The maximum Gasteiger partial charge on any atom is 0.507 e. The summed E-state index contributed by atoms with van der Waals surface area (Å²) in [5, 5.41) is 16.3. The van der Waals surface area contributed by atoms with Gasteiger partial charge in [-0.05, 0) is 35.5 Å². The summed E-state index contributed by atoms with van der Waals surface area (Å²) in [6.07, 6.45) is -8.42. The first-order valence-corrected chi connectivity index (χ1v) is 9.47. The van der Waals surface area contributed by atoms with Crippen molar-refractivity contribution in [3.63, 3.8) is 0 Å². The second kappa shape index (κ2) is 8.78. The fraction of sp³-hybridized carbons (Fsp3) is 0.0952. The summed E-state index contributed by atoms with van der Waals surface area (Å²) in [7, 11) is 0. The number of aromatic nitrogens is 1. The molecule has 0 atom stereocenters. The number of alkyl halides is 4. The quantitative estimate of drug-likeness (QED) is 0.344. The molecule has 14 heteroatoms. The second-order valence-corrected chi connectivity index (χ2v) is 6.84. The zero-order valence-corrected chi connectivity index (χ0v) is 17.1. The molecule has 10 nitrogen and oxygen atoms in total. The Balaban J connectivity index is 1.46. The van der Waals surface area contributed by atoms with Crippen LogP contribution in [0.5, 0.6) is 23.0 Å². The maximum absolute atomic E-state index is 13.4. The van der Waals surface area contributed by atoms with Crippen LogP contribution in [0.25, 0.3) is 0 Å². The Morgan fingerprint density at radius 3 is 2.40 bits per heavy atom. The lowest BCUT2D eigenvalue weighted by Crippen LogP contribution is -2.52. The van der Waals surface area contributed by atoms with E-state index in [9.17, 15) is 27.3 Å². The molecule has 1 aliphatic heterocycles. The van der Waals surface area contributed by atoms with Crippen molar-refractivity contribution in [3.05, 3.63) is 65.3 Å². The number of nitrogens with zero attached hydrogens (tertiary/aromatic N) is 3. The molecule has 178 valence electrons. The van der Waals surface area contributed by atoms with E-state index < -0.39 is 29.7 Å². The van der Waals surface area contributed by atoms with Crippen molar-refractivity contribution < 1.29 is 36.6 Å².